The fourth-order valence-corrected chi connectivity index (χ4v) is 4.34. The maximum atomic E-state index is 12.7. The van der Waals surface area contributed by atoms with Crippen molar-refractivity contribution in [3.63, 3.8) is 0 Å². The van der Waals surface area contributed by atoms with Gasteiger partial charge in [0.05, 0.1) is 4.91 Å². The number of nitrogens with zero attached hydrogens (tertiary/aromatic N) is 1. The Balaban J connectivity index is 1.59. The second-order valence-electron chi connectivity index (χ2n) is 6.97. The van der Waals surface area contributed by atoms with Crippen LogP contribution in [0.25, 0.3) is 6.08 Å². The quantitative estimate of drug-likeness (QED) is 0.412. The minimum Gasteiger partial charge on any atom is -0.507 e. The van der Waals surface area contributed by atoms with E-state index in [0.717, 1.165) is 17.2 Å². The Labute approximate surface area is 194 Å². The van der Waals surface area contributed by atoms with Crippen molar-refractivity contribution in [2.75, 3.05) is 11.9 Å². The lowest BCUT2D eigenvalue weighted by Crippen LogP contribution is -2.31. The summed E-state index contributed by atoms with van der Waals surface area (Å²) in [5.74, 6) is -2.37. The molecular weight excluding hydrogens is 448 g/mol. The number of thiocarbonyl (C=S) groups is 1. The molecule has 9 heteroatoms. The summed E-state index contributed by atoms with van der Waals surface area (Å²) in [4.78, 5) is 37.8. The summed E-state index contributed by atoms with van der Waals surface area (Å²) in [5, 5.41) is 21.2. The predicted octanol–water partition coefficient (Wildman–Crippen LogP) is 4.27. The molecule has 0 saturated carbocycles. The van der Waals surface area contributed by atoms with E-state index >= 15 is 0 Å². The highest BCUT2D eigenvalue weighted by Gasteiger charge is 2.32. The summed E-state index contributed by atoms with van der Waals surface area (Å²) in [7, 11) is 0. The Kier molecular flexibility index (Phi) is 7.45. The number of benzene rings is 2. The van der Waals surface area contributed by atoms with E-state index in [-0.39, 0.29) is 30.1 Å². The standard InChI is InChI=1S/C23H20N2O5S2/c1-14(11-15-5-3-2-4-6-15)12-19-21(28)25(23(31)32-19)10-9-20(27)24-16-7-8-17(22(29)30)18(26)13-16/h2-8,11-13,26H,9-10H2,1H3,(H,24,27)(H,29,30)/b14-11+,19-12-. The summed E-state index contributed by atoms with van der Waals surface area (Å²) in [6, 6.07) is 13.5. The molecule has 2 aromatic carbocycles. The third kappa shape index (κ3) is 5.83. The van der Waals surface area contributed by atoms with Crippen LogP contribution in [0.2, 0.25) is 0 Å². The molecule has 0 atom stereocenters. The van der Waals surface area contributed by atoms with Crippen LogP contribution in [0, 0.1) is 0 Å². The lowest BCUT2D eigenvalue weighted by Gasteiger charge is -2.14. The van der Waals surface area contributed by atoms with Gasteiger partial charge in [-0.2, -0.15) is 0 Å². The fraction of sp³-hybridized carbons (Fsp3) is 0.130. The average molecular weight is 469 g/mol. The molecular formula is C23H20N2O5S2. The number of carbonyl (C=O) groups is 3. The largest absolute Gasteiger partial charge is 0.507 e. The molecule has 0 bridgehead atoms. The molecule has 3 rings (SSSR count). The molecule has 1 heterocycles. The first-order chi connectivity index (χ1) is 15.2. The number of allylic oxidation sites excluding steroid dienone is 2. The smallest absolute Gasteiger partial charge is 0.339 e. The lowest BCUT2D eigenvalue weighted by molar-refractivity contribution is -0.122. The molecule has 164 valence electrons. The van der Waals surface area contributed by atoms with Crippen LogP contribution >= 0.6 is 24.0 Å². The van der Waals surface area contributed by atoms with E-state index in [9.17, 15) is 19.5 Å². The molecule has 1 aliphatic heterocycles. The van der Waals surface area contributed by atoms with Crippen LogP contribution in [0.15, 0.2) is 65.1 Å². The third-order valence-electron chi connectivity index (χ3n) is 4.50. The van der Waals surface area contributed by atoms with Crippen LogP contribution < -0.4 is 5.32 Å². The molecule has 0 unspecified atom stereocenters. The van der Waals surface area contributed by atoms with Crippen LogP contribution in [-0.4, -0.2) is 43.8 Å². The Morgan fingerprint density at radius 3 is 2.56 bits per heavy atom. The first kappa shape index (κ1) is 23.2. The Hall–Kier alpha value is -3.43. The van der Waals surface area contributed by atoms with Crippen molar-refractivity contribution < 1.29 is 24.6 Å². The number of nitrogens with one attached hydrogen (secondary N) is 1. The van der Waals surface area contributed by atoms with Gasteiger partial charge in [0.1, 0.15) is 15.6 Å². The number of amides is 2. The van der Waals surface area contributed by atoms with E-state index in [0.29, 0.717) is 9.23 Å². The van der Waals surface area contributed by atoms with E-state index in [1.807, 2.05) is 43.3 Å². The van der Waals surface area contributed by atoms with Gasteiger partial charge in [0.2, 0.25) is 5.91 Å². The minimum atomic E-state index is -1.27. The van der Waals surface area contributed by atoms with Crippen LogP contribution in [0.1, 0.15) is 29.3 Å². The molecule has 1 fully saturated rings. The van der Waals surface area contributed by atoms with Gasteiger partial charge in [-0.05, 0) is 36.3 Å². The van der Waals surface area contributed by atoms with Crippen LogP contribution in [0.3, 0.4) is 0 Å². The van der Waals surface area contributed by atoms with E-state index in [2.05, 4.69) is 5.32 Å². The predicted molar refractivity (Wildman–Crippen MR) is 128 cm³/mol. The van der Waals surface area contributed by atoms with Crippen molar-refractivity contribution in [3.8, 4) is 5.75 Å². The summed E-state index contributed by atoms with van der Waals surface area (Å²) < 4.78 is 0.380. The Morgan fingerprint density at radius 1 is 1.19 bits per heavy atom. The molecule has 0 aromatic heterocycles. The number of aromatic hydroxyl groups is 1. The van der Waals surface area contributed by atoms with E-state index in [1.54, 1.807) is 6.08 Å². The van der Waals surface area contributed by atoms with Crippen LogP contribution in [0.4, 0.5) is 5.69 Å². The number of carboxylic acid groups (broad SMARTS) is 1. The molecule has 32 heavy (non-hydrogen) atoms. The van der Waals surface area contributed by atoms with Crippen LogP contribution in [-0.2, 0) is 9.59 Å². The van der Waals surface area contributed by atoms with Crippen molar-refractivity contribution in [3.05, 3.63) is 76.2 Å². The number of rotatable bonds is 7. The molecule has 0 radical (unpaired) electrons. The van der Waals surface area contributed by atoms with Gasteiger partial charge in [-0.3, -0.25) is 14.5 Å². The van der Waals surface area contributed by atoms with Gasteiger partial charge >= 0.3 is 5.97 Å². The second-order valence-corrected chi connectivity index (χ2v) is 8.64. The van der Waals surface area contributed by atoms with E-state index in [4.69, 9.17) is 17.3 Å². The SMILES string of the molecule is CC(/C=C1\SC(=S)N(CCC(=O)Nc2ccc(C(=O)O)c(O)c2)C1=O)=C\c1ccccc1. The monoisotopic (exact) mass is 468 g/mol. The van der Waals surface area contributed by atoms with Gasteiger partial charge in [-0.25, -0.2) is 4.79 Å². The molecule has 2 aromatic rings. The van der Waals surface area contributed by atoms with Crippen molar-refractivity contribution in [1.29, 1.82) is 0 Å². The maximum Gasteiger partial charge on any atom is 0.339 e. The van der Waals surface area contributed by atoms with Gasteiger partial charge in [0, 0.05) is 24.7 Å². The van der Waals surface area contributed by atoms with Crippen LogP contribution in [0.5, 0.6) is 5.75 Å². The van der Waals surface area contributed by atoms with Crippen molar-refractivity contribution in [1.82, 2.24) is 4.90 Å². The minimum absolute atomic E-state index is 0.0139. The zero-order valence-electron chi connectivity index (χ0n) is 17.1. The van der Waals surface area contributed by atoms with E-state index < -0.39 is 17.6 Å². The maximum absolute atomic E-state index is 12.7. The number of hydrogen-bond donors (Lipinski definition) is 3. The average Bonchev–Trinajstić information content (AvgIpc) is 2.99. The summed E-state index contributed by atoms with van der Waals surface area (Å²) >= 11 is 6.49. The molecule has 2 amide bonds. The van der Waals surface area contributed by atoms with Gasteiger partial charge in [0.15, 0.2) is 0 Å². The van der Waals surface area contributed by atoms with Crippen molar-refractivity contribution in [2.24, 2.45) is 0 Å². The first-order valence-corrected chi connectivity index (χ1v) is 10.8. The normalized spacial score (nSPS) is 15.3. The molecule has 0 spiro atoms. The van der Waals surface area contributed by atoms with Gasteiger partial charge in [-0.1, -0.05) is 60.4 Å². The number of thioether (sulfide) groups is 1. The van der Waals surface area contributed by atoms with E-state index in [1.165, 1.54) is 28.8 Å². The third-order valence-corrected chi connectivity index (χ3v) is 5.88. The highest BCUT2D eigenvalue weighted by atomic mass is 32.2. The second kappa shape index (κ2) is 10.3. The van der Waals surface area contributed by atoms with Gasteiger partial charge in [0.25, 0.3) is 5.91 Å². The number of carboxylic acids is 1. The molecule has 7 nitrogen and oxygen atoms in total. The Morgan fingerprint density at radius 2 is 1.91 bits per heavy atom. The number of aromatic carboxylic acids is 1. The molecule has 1 aliphatic rings. The number of carbonyl (C=O) groups excluding carboxylic acids is 2. The summed E-state index contributed by atoms with van der Waals surface area (Å²) in [6.45, 7) is 2.01. The van der Waals surface area contributed by atoms with Crippen molar-refractivity contribution >= 4 is 57.8 Å². The zero-order valence-corrected chi connectivity index (χ0v) is 18.7. The summed E-state index contributed by atoms with van der Waals surface area (Å²) in [5.41, 5.74) is 1.92. The molecule has 3 N–H and O–H groups in total. The summed E-state index contributed by atoms with van der Waals surface area (Å²) in [6.07, 6.45) is 3.73. The number of phenols is 1. The van der Waals surface area contributed by atoms with Gasteiger partial charge in [-0.15, -0.1) is 0 Å². The molecule has 0 aliphatic carbocycles. The topological polar surface area (TPSA) is 107 Å². The van der Waals surface area contributed by atoms with Gasteiger partial charge < -0.3 is 15.5 Å². The number of anilines is 1. The highest BCUT2D eigenvalue weighted by Crippen LogP contribution is 2.32. The Bertz CT molecular complexity index is 1140. The first-order valence-electron chi connectivity index (χ1n) is 9.59. The zero-order chi connectivity index (χ0) is 23.3. The lowest BCUT2D eigenvalue weighted by atomic mass is 10.1. The fourth-order valence-electron chi connectivity index (χ4n) is 2.98. The highest BCUT2D eigenvalue weighted by molar-refractivity contribution is 8.26. The van der Waals surface area contributed by atoms with Crippen molar-refractivity contribution in [2.45, 2.75) is 13.3 Å². The number of hydrogen-bond acceptors (Lipinski definition) is 6. The molecule has 1 saturated heterocycles.